The molecular weight excluding hydrogens is 335 g/mol. The lowest BCUT2D eigenvalue weighted by Crippen LogP contribution is -2.38. The zero-order valence-corrected chi connectivity index (χ0v) is 14.5. The molecule has 132 valence electrons. The topological polar surface area (TPSA) is 75.7 Å². The number of nitrogens with one attached hydrogen (secondary N) is 1. The number of halogens is 1. The van der Waals surface area contributed by atoms with Crippen molar-refractivity contribution >= 4 is 15.9 Å². The van der Waals surface area contributed by atoms with Gasteiger partial charge < -0.3 is 10.1 Å². The molecule has 8 heteroatoms. The Bertz CT molecular complexity index is 752. The number of nitrogens with zero attached hydrogens (tertiary/aromatic N) is 1. The van der Waals surface area contributed by atoms with Crippen molar-refractivity contribution in [1.82, 2.24) is 9.62 Å². The van der Waals surface area contributed by atoms with Gasteiger partial charge in [0.25, 0.3) is 0 Å². The fourth-order valence-corrected chi connectivity index (χ4v) is 5.09. The van der Waals surface area contributed by atoms with E-state index in [1.807, 2.05) is 0 Å². The number of carbonyl (C=O) groups excluding carboxylic acids is 1. The van der Waals surface area contributed by atoms with Crippen molar-refractivity contribution in [3.05, 3.63) is 24.0 Å². The number of carbonyl (C=O) groups is 1. The number of sulfonamides is 1. The number of benzene rings is 1. The van der Waals surface area contributed by atoms with E-state index in [4.69, 9.17) is 4.74 Å². The van der Waals surface area contributed by atoms with Crippen molar-refractivity contribution in [3.63, 3.8) is 0 Å². The van der Waals surface area contributed by atoms with E-state index in [1.54, 1.807) is 0 Å². The zero-order valence-electron chi connectivity index (χ0n) is 13.7. The average Bonchev–Trinajstić information content (AvgIpc) is 2.96. The normalized spacial score (nSPS) is 27.0. The van der Waals surface area contributed by atoms with E-state index < -0.39 is 15.8 Å². The van der Waals surface area contributed by atoms with E-state index in [2.05, 4.69) is 5.32 Å². The highest BCUT2D eigenvalue weighted by molar-refractivity contribution is 7.89. The van der Waals surface area contributed by atoms with Gasteiger partial charge in [0.05, 0.1) is 12.0 Å². The molecule has 3 rings (SSSR count). The molecule has 3 atom stereocenters. The number of methoxy groups -OCH3 is 1. The fourth-order valence-electron chi connectivity index (χ4n) is 3.70. The lowest BCUT2D eigenvalue weighted by Gasteiger charge is -2.24. The molecule has 1 amide bonds. The van der Waals surface area contributed by atoms with Gasteiger partial charge in [-0.3, -0.25) is 4.79 Å². The second-order valence-corrected chi connectivity index (χ2v) is 8.47. The molecule has 0 aromatic heterocycles. The smallest absolute Gasteiger partial charge is 0.243 e. The number of hydrogen-bond donors (Lipinski definition) is 1. The largest absolute Gasteiger partial charge is 0.494 e. The van der Waals surface area contributed by atoms with Crippen molar-refractivity contribution in [2.24, 2.45) is 11.8 Å². The van der Waals surface area contributed by atoms with Crippen molar-refractivity contribution in [1.29, 1.82) is 0 Å². The van der Waals surface area contributed by atoms with Crippen LogP contribution in [-0.2, 0) is 14.8 Å². The summed E-state index contributed by atoms with van der Waals surface area (Å²) in [7, 11) is -0.944. The Hall–Kier alpha value is -1.67. The number of piperidine rings is 1. The van der Waals surface area contributed by atoms with E-state index in [-0.39, 0.29) is 28.5 Å². The highest BCUT2D eigenvalue weighted by Crippen LogP contribution is 2.39. The number of hydrogen-bond acceptors (Lipinski definition) is 4. The van der Waals surface area contributed by atoms with E-state index in [1.165, 1.54) is 30.6 Å². The van der Waals surface area contributed by atoms with E-state index in [9.17, 15) is 17.6 Å². The molecule has 1 saturated carbocycles. The van der Waals surface area contributed by atoms with Gasteiger partial charge in [0.15, 0.2) is 11.6 Å². The number of fused-ring (bicyclic) bond motifs is 1. The lowest BCUT2D eigenvalue weighted by atomic mass is 9.89. The molecule has 1 aromatic carbocycles. The van der Waals surface area contributed by atoms with Crippen molar-refractivity contribution in [2.45, 2.75) is 30.2 Å². The van der Waals surface area contributed by atoms with E-state index >= 15 is 0 Å². The van der Waals surface area contributed by atoms with Crippen LogP contribution in [0.5, 0.6) is 5.75 Å². The summed E-state index contributed by atoms with van der Waals surface area (Å²) in [4.78, 5) is 11.4. The van der Waals surface area contributed by atoms with E-state index in [0.29, 0.717) is 31.7 Å². The third-order valence-corrected chi connectivity index (χ3v) is 7.05. The van der Waals surface area contributed by atoms with Crippen LogP contribution in [0.15, 0.2) is 23.1 Å². The van der Waals surface area contributed by atoms with Crippen LogP contribution in [-0.4, -0.2) is 45.4 Å². The van der Waals surface area contributed by atoms with Crippen LogP contribution in [0.3, 0.4) is 0 Å². The summed E-state index contributed by atoms with van der Waals surface area (Å²) in [5, 5.41) is 2.83. The van der Waals surface area contributed by atoms with Crippen LogP contribution in [0.25, 0.3) is 0 Å². The molecule has 1 saturated heterocycles. The predicted octanol–water partition coefficient (Wildman–Crippen LogP) is 1.37. The maximum absolute atomic E-state index is 13.9. The Morgan fingerprint density at radius 2 is 2.00 bits per heavy atom. The quantitative estimate of drug-likeness (QED) is 0.884. The van der Waals surface area contributed by atoms with Crippen molar-refractivity contribution in [3.8, 4) is 5.75 Å². The predicted molar refractivity (Wildman–Crippen MR) is 85.5 cm³/mol. The molecule has 2 fully saturated rings. The molecule has 1 aromatic rings. The molecule has 1 N–H and O–H groups in total. The van der Waals surface area contributed by atoms with Crippen molar-refractivity contribution < 1.29 is 22.3 Å². The second kappa shape index (κ2) is 6.33. The number of amides is 1. The highest BCUT2D eigenvalue weighted by atomic mass is 32.2. The van der Waals surface area contributed by atoms with Gasteiger partial charge in [-0.2, -0.15) is 4.31 Å². The second-order valence-electron chi connectivity index (χ2n) is 6.47. The summed E-state index contributed by atoms with van der Waals surface area (Å²) >= 11 is 0. The molecule has 0 bridgehead atoms. The molecule has 1 aliphatic heterocycles. The van der Waals surface area contributed by atoms with Gasteiger partial charge >= 0.3 is 0 Å². The molecule has 0 spiro atoms. The Morgan fingerprint density at radius 1 is 1.29 bits per heavy atom. The van der Waals surface area contributed by atoms with E-state index in [0.717, 1.165) is 6.07 Å². The minimum Gasteiger partial charge on any atom is -0.494 e. The van der Waals surface area contributed by atoms with Gasteiger partial charge in [-0.1, -0.05) is 0 Å². The minimum absolute atomic E-state index is 0.00748. The van der Waals surface area contributed by atoms with Crippen molar-refractivity contribution in [2.75, 3.05) is 20.7 Å². The Labute approximate surface area is 141 Å². The first-order chi connectivity index (χ1) is 11.3. The molecule has 1 aliphatic carbocycles. The van der Waals surface area contributed by atoms with Crippen LogP contribution < -0.4 is 10.1 Å². The molecule has 1 heterocycles. The van der Waals surface area contributed by atoms with Gasteiger partial charge in [0, 0.05) is 26.1 Å². The molecular formula is C16H21FN2O4S. The first-order valence-electron chi connectivity index (χ1n) is 7.91. The molecule has 0 radical (unpaired) electrons. The summed E-state index contributed by atoms with van der Waals surface area (Å²) in [6.07, 6.45) is 1.82. The summed E-state index contributed by atoms with van der Waals surface area (Å²) in [5.74, 6) is -0.151. The fraction of sp³-hybridized carbons (Fsp3) is 0.562. The Morgan fingerprint density at radius 3 is 2.67 bits per heavy atom. The summed E-state index contributed by atoms with van der Waals surface area (Å²) in [6.45, 7) is 0.602. The average molecular weight is 356 g/mol. The SMILES string of the molecule is COc1ccc(S(=O)(=O)N(C)[C@H]2C[C@H]3CC(=O)NC[C@H]3C2)cc1F. The zero-order chi connectivity index (χ0) is 17.5. The van der Waals surface area contributed by atoms with Crippen LogP contribution in [0, 0.1) is 17.7 Å². The third kappa shape index (κ3) is 3.00. The standard InChI is InChI=1S/C16H21FN2O4S/c1-19(12-5-10-7-16(20)18-9-11(10)6-12)24(21,22)13-3-4-15(23-2)14(17)8-13/h3-4,8,10-12H,5-7,9H2,1-2H3,(H,18,20)/t10-,11+,12-/m0/s1. The lowest BCUT2D eigenvalue weighted by molar-refractivity contribution is -0.124. The van der Waals surface area contributed by atoms with Gasteiger partial charge in [-0.05, 0) is 42.9 Å². The minimum atomic E-state index is -3.79. The summed E-state index contributed by atoms with van der Waals surface area (Å²) in [5.41, 5.74) is 0. The first kappa shape index (κ1) is 17.2. The maximum atomic E-state index is 13.9. The number of rotatable bonds is 4. The molecule has 24 heavy (non-hydrogen) atoms. The first-order valence-corrected chi connectivity index (χ1v) is 9.35. The number of ether oxygens (including phenoxy) is 1. The third-order valence-electron chi connectivity index (χ3n) is 5.14. The molecule has 0 unspecified atom stereocenters. The highest BCUT2D eigenvalue weighted by Gasteiger charge is 2.42. The van der Waals surface area contributed by atoms with Crippen LogP contribution in [0.1, 0.15) is 19.3 Å². The van der Waals surface area contributed by atoms with Gasteiger partial charge in [0.2, 0.25) is 15.9 Å². The van der Waals surface area contributed by atoms with Gasteiger partial charge in [-0.25, -0.2) is 12.8 Å². The molecule has 2 aliphatic rings. The molecule has 6 nitrogen and oxygen atoms in total. The Balaban J connectivity index is 1.80. The maximum Gasteiger partial charge on any atom is 0.243 e. The Kier molecular flexibility index (Phi) is 4.52. The van der Waals surface area contributed by atoms with Gasteiger partial charge in [-0.15, -0.1) is 0 Å². The van der Waals surface area contributed by atoms with Crippen LogP contribution in [0.4, 0.5) is 4.39 Å². The van der Waals surface area contributed by atoms with Crippen LogP contribution >= 0.6 is 0 Å². The van der Waals surface area contributed by atoms with Gasteiger partial charge in [0.1, 0.15) is 0 Å². The van der Waals surface area contributed by atoms with Crippen LogP contribution in [0.2, 0.25) is 0 Å². The summed E-state index contributed by atoms with van der Waals surface area (Å²) < 4.78 is 45.5. The summed E-state index contributed by atoms with van der Waals surface area (Å²) in [6, 6.07) is 3.47. The monoisotopic (exact) mass is 356 g/mol.